The van der Waals surface area contributed by atoms with Gasteiger partial charge < -0.3 is 20.1 Å². The van der Waals surface area contributed by atoms with Crippen molar-refractivity contribution in [1.82, 2.24) is 9.55 Å². The van der Waals surface area contributed by atoms with Crippen molar-refractivity contribution in [2.45, 2.75) is 44.1 Å². The van der Waals surface area contributed by atoms with Gasteiger partial charge in [0.1, 0.15) is 17.9 Å². The van der Waals surface area contributed by atoms with Crippen LogP contribution in [0.15, 0.2) is 15.8 Å². The topological polar surface area (TPSA) is 125 Å². The van der Waals surface area contributed by atoms with Crippen LogP contribution in [-0.4, -0.2) is 50.3 Å². The zero-order valence-electron chi connectivity index (χ0n) is 12.6. The Morgan fingerprint density at radius 2 is 2.13 bits per heavy atom. The third-order valence-corrected chi connectivity index (χ3v) is 3.60. The van der Waals surface area contributed by atoms with E-state index in [0.717, 1.165) is 11.0 Å². The van der Waals surface area contributed by atoms with Gasteiger partial charge in [0.15, 0.2) is 0 Å². The number of unbranched alkanes of at least 4 members (excludes halogenated alkanes) is 2. The maximum absolute atomic E-state index is 11.9. The number of nitrogens with zero attached hydrogens (tertiary/aromatic N) is 1. The third-order valence-electron chi connectivity index (χ3n) is 3.60. The number of aromatic amines is 1. The molecule has 1 saturated heterocycles. The molecule has 1 aromatic rings. The Bertz CT molecular complexity index is 698. The van der Waals surface area contributed by atoms with Crippen molar-refractivity contribution in [3.8, 4) is 11.8 Å². The molecule has 0 spiro atoms. The summed E-state index contributed by atoms with van der Waals surface area (Å²) in [5, 5.41) is 27.5. The monoisotopic (exact) mass is 324 g/mol. The van der Waals surface area contributed by atoms with Crippen molar-refractivity contribution in [2.24, 2.45) is 0 Å². The van der Waals surface area contributed by atoms with Gasteiger partial charge in [-0.25, -0.2) is 4.79 Å². The summed E-state index contributed by atoms with van der Waals surface area (Å²) >= 11 is 0. The molecular formula is C15H20N2O6. The molecule has 1 aliphatic heterocycles. The van der Waals surface area contributed by atoms with Crippen LogP contribution in [0.3, 0.4) is 0 Å². The van der Waals surface area contributed by atoms with E-state index < -0.39 is 29.7 Å². The predicted octanol–water partition coefficient (Wildman–Crippen LogP) is -1.31. The van der Waals surface area contributed by atoms with E-state index in [1.54, 1.807) is 0 Å². The van der Waals surface area contributed by atoms with E-state index in [9.17, 15) is 14.7 Å². The number of nitrogens with one attached hydrogen (secondary N) is 1. The van der Waals surface area contributed by atoms with Gasteiger partial charge in [-0.05, 0) is 12.8 Å². The summed E-state index contributed by atoms with van der Waals surface area (Å²) in [5.74, 6) is 5.51. The number of aliphatic hydroxyl groups excluding tert-OH is 3. The van der Waals surface area contributed by atoms with E-state index in [0.29, 0.717) is 12.8 Å². The Labute approximate surface area is 132 Å². The van der Waals surface area contributed by atoms with Crippen molar-refractivity contribution in [3.05, 3.63) is 32.6 Å². The second kappa shape index (κ2) is 8.08. The molecular weight excluding hydrogens is 304 g/mol. The van der Waals surface area contributed by atoms with Gasteiger partial charge in [-0.3, -0.25) is 14.3 Å². The highest BCUT2D eigenvalue weighted by Gasteiger charge is 2.35. The second-order valence-electron chi connectivity index (χ2n) is 5.31. The van der Waals surface area contributed by atoms with E-state index >= 15 is 0 Å². The van der Waals surface area contributed by atoms with Crippen molar-refractivity contribution in [3.63, 3.8) is 0 Å². The first kappa shape index (κ1) is 17.4. The highest BCUT2D eigenvalue weighted by molar-refractivity contribution is 5.29. The average molecular weight is 324 g/mol. The molecule has 0 saturated carbocycles. The van der Waals surface area contributed by atoms with Crippen LogP contribution in [-0.2, 0) is 4.74 Å². The van der Waals surface area contributed by atoms with Gasteiger partial charge in [0.2, 0.25) is 0 Å². The number of aliphatic hydroxyl groups is 3. The van der Waals surface area contributed by atoms with Gasteiger partial charge in [0, 0.05) is 25.6 Å². The first-order valence-corrected chi connectivity index (χ1v) is 7.46. The summed E-state index contributed by atoms with van der Waals surface area (Å²) in [6.45, 7) is -0.256. The molecule has 1 unspecified atom stereocenters. The molecule has 2 rings (SSSR count). The Balaban J connectivity index is 2.20. The maximum atomic E-state index is 11.9. The summed E-state index contributed by atoms with van der Waals surface area (Å²) in [4.78, 5) is 25.8. The fraction of sp³-hybridized carbons (Fsp3) is 0.600. The molecule has 0 radical (unpaired) electrons. The lowest BCUT2D eigenvalue weighted by atomic mass is 10.2. The molecule has 0 aliphatic carbocycles. The normalized spacial score (nSPS) is 23.5. The average Bonchev–Trinajstić information content (AvgIpc) is 2.89. The molecule has 8 nitrogen and oxygen atoms in total. The van der Waals surface area contributed by atoms with Crippen LogP contribution in [0.4, 0.5) is 0 Å². The number of rotatable bonds is 5. The maximum Gasteiger partial charge on any atom is 0.330 e. The lowest BCUT2D eigenvalue weighted by Gasteiger charge is -2.14. The van der Waals surface area contributed by atoms with E-state index in [-0.39, 0.29) is 25.2 Å². The van der Waals surface area contributed by atoms with E-state index in [4.69, 9.17) is 14.9 Å². The summed E-state index contributed by atoms with van der Waals surface area (Å²) in [6.07, 6.45) is 0.936. The number of hydrogen-bond donors (Lipinski definition) is 4. The summed E-state index contributed by atoms with van der Waals surface area (Å²) in [5.41, 5.74) is -1.12. The highest BCUT2D eigenvalue weighted by Crippen LogP contribution is 2.27. The Morgan fingerprint density at radius 3 is 2.78 bits per heavy atom. The number of aromatic nitrogens is 2. The number of ether oxygens (including phenoxy) is 1. The fourth-order valence-electron chi connectivity index (χ4n) is 2.32. The minimum absolute atomic E-state index is 0.0977. The highest BCUT2D eigenvalue weighted by atomic mass is 16.5. The smallest absolute Gasteiger partial charge is 0.330 e. The van der Waals surface area contributed by atoms with Crippen LogP contribution in [0.25, 0.3) is 0 Å². The molecule has 0 bridgehead atoms. The van der Waals surface area contributed by atoms with Crippen molar-refractivity contribution < 1.29 is 20.1 Å². The molecule has 1 aromatic heterocycles. The van der Waals surface area contributed by atoms with Crippen molar-refractivity contribution >= 4 is 0 Å². The minimum atomic E-state index is -0.878. The second-order valence-corrected chi connectivity index (χ2v) is 5.31. The van der Waals surface area contributed by atoms with Gasteiger partial charge in [0.25, 0.3) is 5.56 Å². The molecule has 126 valence electrons. The van der Waals surface area contributed by atoms with Crippen LogP contribution in [0.5, 0.6) is 0 Å². The lowest BCUT2D eigenvalue weighted by Crippen LogP contribution is -2.33. The predicted molar refractivity (Wildman–Crippen MR) is 80.8 cm³/mol. The largest absolute Gasteiger partial charge is 0.396 e. The van der Waals surface area contributed by atoms with Crippen molar-refractivity contribution in [2.75, 3.05) is 13.2 Å². The van der Waals surface area contributed by atoms with Crippen LogP contribution < -0.4 is 11.2 Å². The molecule has 2 heterocycles. The minimum Gasteiger partial charge on any atom is -0.396 e. The van der Waals surface area contributed by atoms with Crippen LogP contribution >= 0.6 is 0 Å². The SMILES string of the molecule is O=c1[nH]c(=O)n([C@@H]2CC(O)[C@H](CO)O2)cc1C#CCCCCO. The molecule has 23 heavy (non-hydrogen) atoms. The molecule has 1 fully saturated rings. The Kier molecular flexibility index (Phi) is 6.12. The molecule has 3 atom stereocenters. The summed E-state index contributed by atoms with van der Waals surface area (Å²) < 4.78 is 6.57. The van der Waals surface area contributed by atoms with Gasteiger partial charge >= 0.3 is 5.69 Å². The van der Waals surface area contributed by atoms with Crippen LogP contribution in [0, 0.1) is 11.8 Å². The van der Waals surface area contributed by atoms with Crippen LogP contribution in [0.1, 0.15) is 37.5 Å². The lowest BCUT2D eigenvalue weighted by molar-refractivity contribution is -0.0459. The van der Waals surface area contributed by atoms with Gasteiger partial charge in [-0.15, -0.1) is 0 Å². The Morgan fingerprint density at radius 1 is 1.35 bits per heavy atom. The zero-order valence-corrected chi connectivity index (χ0v) is 12.6. The fourth-order valence-corrected chi connectivity index (χ4v) is 2.32. The van der Waals surface area contributed by atoms with E-state index in [2.05, 4.69) is 16.8 Å². The third kappa shape index (κ3) is 4.30. The standard InChI is InChI=1S/C15H20N2O6/c18-6-4-2-1-3-5-10-8-17(15(22)16-14(10)21)13-7-11(20)12(9-19)23-13/h8,11-13,18-20H,1-2,4,6-7,9H2,(H,16,21,22)/t11?,12-,13-/m0/s1. The molecule has 4 N–H and O–H groups in total. The molecule has 0 aromatic carbocycles. The van der Waals surface area contributed by atoms with E-state index in [1.165, 1.54) is 6.20 Å². The van der Waals surface area contributed by atoms with Gasteiger partial charge in [0.05, 0.1) is 12.7 Å². The summed E-state index contributed by atoms with van der Waals surface area (Å²) in [7, 11) is 0. The number of H-pyrrole nitrogens is 1. The molecule has 8 heteroatoms. The van der Waals surface area contributed by atoms with E-state index in [1.807, 2.05) is 0 Å². The van der Waals surface area contributed by atoms with Gasteiger partial charge in [-0.2, -0.15) is 0 Å². The molecule has 0 amide bonds. The zero-order chi connectivity index (χ0) is 16.8. The number of hydrogen-bond acceptors (Lipinski definition) is 6. The summed E-state index contributed by atoms with van der Waals surface area (Å²) in [6, 6.07) is 0. The van der Waals surface area contributed by atoms with Crippen molar-refractivity contribution in [1.29, 1.82) is 0 Å². The van der Waals surface area contributed by atoms with Crippen LogP contribution in [0.2, 0.25) is 0 Å². The Hall–Kier alpha value is -1.92. The first-order valence-electron chi connectivity index (χ1n) is 7.46. The quantitative estimate of drug-likeness (QED) is 0.394. The van der Waals surface area contributed by atoms with Gasteiger partial charge in [-0.1, -0.05) is 11.8 Å². The molecule has 1 aliphatic rings. The first-order chi connectivity index (χ1) is 11.1.